The molecular formula is C12H16O. The predicted molar refractivity (Wildman–Crippen MR) is 53.4 cm³/mol. The summed E-state index contributed by atoms with van der Waals surface area (Å²) in [7, 11) is 0. The van der Waals surface area contributed by atoms with E-state index in [1.807, 2.05) is 6.08 Å². The molecule has 13 heavy (non-hydrogen) atoms. The third-order valence-electron chi connectivity index (χ3n) is 4.05. The summed E-state index contributed by atoms with van der Waals surface area (Å²) >= 11 is 0. The molecule has 0 amide bonds. The van der Waals surface area contributed by atoms with Crippen LogP contribution in [0.4, 0.5) is 0 Å². The number of rotatable bonds is 1. The van der Waals surface area contributed by atoms with Gasteiger partial charge in [-0.2, -0.15) is 0 Å². The molecular weight excluding hydrogens is 160 g/mol. The van der Waals surface area contributed by atoms with Gasteiger partial charge < -0.3 is 0 Å². The molecule has 0 saturated heterocycles. The van der Waals surface area contributed by atoms with Crippen molar-refractivity contribution >= 4 is 5.78 Å². The van der Waals surface area contributed by atoms with Crippen LogP contribution < -0.4 is 0 Å². The van der Waals surface area contributed by atoms with E-state index in [1.165, 1.54) is 5.57 Å². The molecule has 0 unspecified atom stereocenters. The molecule has 0 bridgehead atoms. The number of fused-ring (bicyclic) bond motifs is 1. The van der Waals surface area contributed by atoms with E-state index >= 15 is 0 Å². The summed E-state index contributed by atoms with van der Waals surface area (Å²) < 4.78 is 0. The van der Waals surface area contributed by atoms with Crippen LogP contribution in [0.2, 0.25) is 0 Å². The number of Topliss-reactive ketones (excluding diaryl/α,β-unsaturated/α-hetero) is 1. The Hall–Kier alpha value is -0.850. The summed E-state index contributed by atoms with van der Waals surface area (Å²) in [6.45, 7) is 8.26. The molecule has 1 heteroatoms. The first-order valence-corrected chi connectivity index (χ1v) is 4.87. The highest BCUT2D eigenvalue weighted by Crippen LogP contribution is 2.62. The second-order valence-electron chi connectivity index (χ2n) is 4.72. The van der Waals surface area contributed by atoms with Gasteiger partial charge in [0.25, 0.3) is 0 Å². The van der Waals surface area contributed by atoms with Crippen molar-refractivity contribution in [2.45, 2.75) is 33.1 Å². The SMILES string of the molecule is C=C[C@]12CC(=O)C[C@@]1(C)CC=C2C. The first-order valence-electron chi connectivity index (χ1n) is 4.87. The van der Waals surface area contributed by atoms with Gasteiger partial charge in [-0.15, -0.1) is 6.58 Å². The van der Waals surface area contributed by atoms with Crippen molar-refractivity contribution in [3.63, 3.8) is 0 Å². The summed E-state index contributed by atoms with van der Waals surface area (Å²) in [5.74, 6) is 0.398. The van der Waals surface area contributed by atoms with E-state index in [0.29, 0.717) is 12.2 Å². The minimum Gasteiger partial charge on any atom is -0.300 e. The minimum absolute atomic E-state index is 0.00984. The maximum absolute atomic E-state index is 11.5. The van der Waals surface area contributed by atoms with Gasteiger partial charge in [0.05, 0.1) is 0 Å². The molecule has 1 fully saturated rings. The Balaban J connectivity index is 2.52. The first-order chi connectivity index (χ1) is 6.04. The van der Waals surface area contributed by atoms with Crippen molar-refractivity contribution in [2.75, 3.05) is 0 Å². The van der Waals surface area contributed by atoms with E-state index in [4.69, 9.17) is 0 Å². The number of carbonyl (C=O) groups is 1. The summed E-state index contributed by atoms with van der Waals surface area (Å²) in [5.41, 5.74) is 1.47. The fraction of sp³-hybridized carbons (Fsp3) is 0.583. The number of carbonyl (C=O) groups excluding carboxylic acids is 1. The number of allylic oxidation sites excluding steroid dienone is 3. The Morgan fingerprint density at radius 1 is 1.54 bits per heavy atom. The lowest BCUT2D eigenvalue weighted by Gasteiger charge is -2.36. The predicted octanol–water partition coefficient (Wildman–Crippen LogP) is 2.88. The average Bonchev–Trinajstić information content (AvgIpc) is 2.45. The quantitative estimate of drug-likeness (QED) is 0.561. The van der Waals surface area contributed by atoms with Gasteiger partial charge in [0.2, 0.25) is 0 Å². The van der Waals surface area contributed by atoms with Crippen LogP contribution in [0.3, 0.4) is 0 Å². The van der Waals surface area contributed by atoms with E-state index < -0.39 is 0 Å². The Kier molecular flexibility index (Phi) is 1.57. The van der Waals surface area contributed by atoms with E-state index in [-0.39, 0.29) is 10.8 Å². The van der Waals surface area contributed by atoms with Gasteiger partial charge in [-0.1, -0.05) is 24.6 Å². The first kappa shape index (κ1) is 8.74. The molecule has 1 nitrogen and oxygen atoms in total. The normalized spacial score (nSPS) is 43.2. The van der Waals surface area contributed by atoms with E-state index in [0.717, 1.165) is 12.8 Å². The molecule has 0 aromatic rings. The van der Waals surface area contributed by atoms with Crippen molar-refractivity contribution in [1.29, 1.82) is 0 Å². The Bertz CT molecular complexity index is 313. The van der Waals surface area contributed by atoms with Gasteiger partial charge in [-0.3, -0.25) is 4.79 Å². The Morgan fingerprint density at radius 2 is 2.23 bits per heavy atom. The molecule has 1 saturated carbocycles. The third kappa shape index (κ3) is 0.849. The minimum atomic E-state index is -0.00984. The summed E-state index contributed by atoms with van der Waals surface area (Å²) in [6, 6.07) is 0. The van der Waals surface area contributed by atoms with Crippen LogP contribution in [0.15, 0.2) is 24.3 Å². The average molecular weight is 176 g/mol. The highest BCUT2D eigenvalue weighted by atomic mass is 16.1. The van der Waals surface area contributed by atoms with Gasteiger partial charge in [0.15, 0.2) is 0 Å². The molecule has 0 heterocycles. The molecule has 2 aliphatic rings. The summed E-state index contributed by atoms with van der Waals surface area (Å²) in [6.07, 6.45) is 6.71. The lowest BCUT2D eigenvalue weighted by molar-refractivity contribution is -0.118. The van der Waals surface area contributed by atoms with Crippen molar-refractivity contribution < 1.29 is 4.79 Å². The third-order valence-corrected chi connectivity index (χ3v) is 4.05. The van der Waals surface area contributed by atoms with Gasteiger partial charge >= 0.3 is 0 Å². The van der Waals surface area contributed by atoms with Crippen LogP contribution in [-0.4, -0.2) is 5.78 Å². The summed E-state index contributed by atoms with van der Waals surface area (Å²) in [4.78, 5) is 11.5. The highest BCUT2D eigenvalue weighted by Gasteiger charge is 2.56. The zero-order valence-corrected chi connectivity index (χ0v) is 8.39. The topological polar surface area (TPSA) is 17.1 Å². The highest BCUT2D eigenvalue weighted by molar-refractivity contribution is 5.84. The summed E-state index contributed by atoms with van der Waals surface area (Å²) in [5, 5.41) is 0. The number of ketones is 1. The standard InChI is InChI=1S/C12H16O/c1-4-12-8-10(13)7-11(12,3)6-5-9(12)2/h4-5H,1,6-8H2,2-3H3/t11-,12-/m1/s1. The molecule has 0 radical (unpaired) electrons. The number of hydrogen-bond donors (Lipinski definition) is 0. The van der Waals surface area contributed by atoms with Crippen molar-refractivity contribution in [3.05, 3.63) is 24.3 Å². The second kappa shape index (κ2) is 2.34. The van der Waals surface area contributed by atoms with Crippen LogP contribution in [0.1, 0.15) is 33.1 Å². The lowest BCUT2D eigenvalue weighted by Crippen LogP contribution is -2.29. The van der Waals surface area contributed by atoms with Crippen LogP contribution in [0, 0.1) is 10.8 Å². The van der Waals surface area contributed by atoms with E-state index in [1.54, 1.807) is 0 Å². The molecule has 0 N–H and O–H groups in total. The maximum Gasteiger partial charge on any atom is 0.134 e. The maximum atomic E-state index is 11.5. The zero-order chi connectivity index (χ0) is 9.69. The van der Waals surface area contributed by atoms with Gasteiger partial charge in [-0.25, -0.2) is 0 Å². The molecule has 0 spiro atoms. The smallest absolute Gasteiger partial charge is 0.134 e. The second-order valence-corrected chi connectivity index (χ2v) is 4.72. The molecule has 2 aliphatic carbocycles. The monoisotopic (exact) mass is 176 g/mol. The molecule has 70 valence electrons. The van der Waals surface area contributed by atoms with Gasteiger partial charge in [0.1, 0.15) is 5.78 Å². The van der Waals surface area contributed by atoms with Gasteiger partial charge in [0, 0.05) is 18.3 Å². The van der Waals surface area contributed by atoms with Crippen molar-refractivity contribution in [1.82, 2.24) is 0 Å². The molecule has 0 aliphatic heterocycles. The fourth-order valence-corrected chi connectivity index (χ4v) is 3.09. The van der Waals surface area contributed by atoms with Crippen LogP contribution in [-0.2, 0) is 4.79 Å². The Labute approximate surface area is 79.5 Å². The Morgan fingerprint density at radius 3 is 2.77 bits per heavy atom. The molecule has 0 aromatic heterocycles. The van der Waals surface area contributed by atoms with Crippen molar-refractivity contribution in [2.24, 2.45) is 10.8 Å². The molecule has 2 atom stereocenters. The molecule has 0 aromatic carbocycles. The number of hydrogen-bond acceptors (Lipinski definition) is 1. The fourth-order valence-electron chi connectivity index (χ4n) is 3.09. The zero-order valence-electron chi connectivity index (χ0n) is 8.39. The van der Waals surface area contributed by atoms with Crippen LogP contribution >= 0.6 is 0 Å². The lowest BCUT2D eigenvalue weighted by atomic mass is 9.66. The molecule has 2 rings (SSSR count). The van der Waals surface area contributed by atoms with E-state index in [2.05, 4.69) is 26.5 Å². The van der Waals surface area contributed by atoms with Crippen LogP contribution in [0.25, 0.3) is 0 Å². The van der Waals surface area contributed by atoms with Gasteiger partial charge in [-0.05, 0) is 18.8 Å². The van der Waals surface area contributed by atoms with Crippen molar-refractivity contribution in [3.8, 4) is 0 Å². The van der Waals surface area contributed by atoms with Crippen LogP contribution in [0.5, 0.6) is 0 Å². The largest absolute Gasteiger partial charge is 0.300 e. The van der Waals surface area contributed by atoms with E-state index in [9.17, 15) is 4.79 Å².